The number of fused-ring (bicyclic) bond motifs is 1. The van der Waals surface area contributed by atoms with Crippen molar-refractivity contribution in [1.29, 1.82) is 0 Å². The quantitative estimate of drug-likeness (QED) is 0.845. The highest BCUT2D eigenvalue weighted by Crippen LogP contribution is 2.27. The van der Waals surface area contributed by atoms with E-state index in [1.165, 1.54) is 6.07 Å². The fraction of sp³-hybridized carbons (Fsp3) is 0.300. The van der Waals surface area contributed by atoms with Crippen molar-refractivity contribution >= 4 is 36.9 Å². The van der Waals surface area contributed by atoms with Crippen LogP contribution in [0.2, 0.25) is 0 Å². The predicted molar refractivity (Wildman–Crippen MR) is 71.3 cm³/mol. The Morgan fingerprint density at radius 2 is 1.94 bits per heavy atom. The molecule has 1 aromatic carbocycles. The molecule has 0 aliphatic rings. The van der Waals surface area contributed by atoms with Crippen LogP contribution in [0.4, 0.5) is 0 Å². The highest BCUT2D eigenvalue weighted by molar-refractivity contribution is 9.10. The van der Waals surface area contributed by atoms with E-state index < -0.39 is 10.0 Å². The van der Waals surface area contributed by atoms with Gasteiger partial charge in [-0.3, -0.25) is 5.10 Å². The third kappa shape index (κ3) is 2.85. The maximum atomic E-state index is 11.4. The van der Waals surface area contributed by atoms with Crippen molar-refractivity contribution in [2.24, 2.45) is 5.14 Å². The molecule has 17 heavy (non-hydrogen) atoms. The van der Waals surface area contributed by atoms with Crippen LogP contribution in [0.5, 0.6) is 0 Å². The van der Waals surface area contributed by atoms with Gasteiger partial charge in [0.15, 0.2) is 0 Å². The van der Waals surface area contributed by atoms with E-state index in [0.717, 1.165) is 0 Å². The number of aromatic amines is 1. The van der Waals surface area contributed by atoms with Gasteiger partial charge in [0.1, 0.15) is 0 Å². The molecule has 1 aromatic heterocycles. The van der Waals surface area contributed by atoms with Gasteiger partial charge in [0, 0.05) is 15.6 Å². The maximum Gasteiger partial charge on any atom is 0.238 e. The number of halogens is 1. The average Bonchev–Trinajstić information content (AvgIpc) is 2.61. The van der Waals surface area contributed by atoms with Crippen LogP contribution in [0.3, 0.4) is 0 Å². The lowest BCUT2D eigenvalue weighted by atomic mass is 10.2. The number of aryl methyl sites for hydroxylation is 1. The summed E-state index contributed by atoms with van der Waals surface area (Å²) in [5.74, 6) is 0. The third-order valence-corrected chi connectivity index (χ3v) is 3.46. The number of nitrogens with one attached hydrogen (secondary N) is 1. The van der Waals surface area contributed by atoms with Crippen LogP contribution in [-0.2, 0) is 10.0 Å². The molecule has 2 rings (SSSR count). The smallest absolute Gasteiger partial charge is 0.238 e. The van der Waals surface area contributed by atoms with Gasteiger partial charge in [0.25, 0.3) is 0 Å². The number of aromatic nitrogens is 2. The molecule has 0 radical (unpaired) electrons. The van der Waals surface area contributed by atoms with Gasteiger partial charge in [0.05, 0.1) is 10.4 Å². The number of nitrogens with two attached hydrogens (primary N) is 1. The first-order valence-corrected chi connectivity index (χ1v) is 7.40. The number of nitrogens with zero attached hydrogens (tertiary/aromatic N) is 1. The minimum absolute atomic E-state index is 0.0816. The van der Waals surface area contributed by atoms with Crippen LogP contribution in [-0.4, -0.2) is 18.6 Å². The zero-order valence-electron chi connectivity index (χ0n) is 9.78. The van der Waals surface area contributed by atoms with E-state index in [9.17, 15) is 8.42 Å². The molecular weight excluding hydrogens is 306 g/mol. The molecule has 3 N–H and O–H groups in total. The van der Waals surface area contributed by atoms with Crippen LogP contribution in [0.15, 0.2) is 21.5 Å². The fourth-order valence-electron chi connectivity index (χ4n) is 1.46. The van der Waals surface area contributed by atoms with E-state index in [4.69, 9.17) is 5.14 Å². The van der Waals surface area contributed by atoms with Crippen molar-refractivity contribution < 1.29 is 8.42 Å². The first-order chi connectivity index (χ1) is 7.89. The summed E-state index contributed by atoms with van der Waals surface area (Å²) in [4.78, 5) is 0.0816. The first kappa shape index (κ1) is 14.1. The Balaban J connectivity index is 0.000000686. The zero-order chi connectivity index (χ0) is 13.2. The molecule has 7 heteroatoms. The number of benzene rings is 1. The number of sulfonamides is 1. The van der Waals surface area contributed by atoms with Crippen molar-refractivity contribution in [2.45, 2.75) is 25.7 Å². The van der Waals surface area contributed by atoms with Gasteiger partial charge < -0.3 is 0 Å². The standard InChI is InChI=1S/C8H8BrN3O2S.C2H6/c1-4-8-6(12-11-4)2-5(9)3-7(8)15(10,13)14;1-2/h2-3H,1H3,(H,11,12)(H2,10,13,14);1-2H3. The molecule has 0 unspecified atom stereocenters. The van der Waals surface area contributed by atoms with Gasteiger partial charge >= 0.3 is 0 Å². The minimum atomic E-state index is -3.73. The molecule has 0 aliphatic carbocycles. The van der Waals surface area contributed by atoms with Gasteiger partial charge in [-0.1, -0.05) is 29.8 Å². The Kier molecular flexibility index (Phi) is 4.29. The largest absolute Gasteiger partial charge is 0.282 e. The van der Waals surface area contributed by atoms with Crippen molar-refractivity contribution in [3.05, 3.63) is 22.3 Å². The van der Waals surface area contributed by atoms with Crippen molar-refractivity contribution in [3.63, 3.8) is 0 Å². The van der Waals surface area contributed by atoms with E-state index >= 15 is 0 Å². The SMILES string of the molecule is CC.Cc1[nH]nc2cc(Br)cc(S(N)(=O)=O)c12. The lowest BCUT2D eigenvalue weighted by Crippen LogP contribution is -2.12. The van der Waals surface area contributed by atoms with Gasteiger partial charge in [-0.2, -0.15) is 5.10 Å². The molecule has 0 amide bonds. The van der Waals surface area contributed by atoms with E-state index in [2.05, 4.69) is 26.1 Å². The second kappa shape index (κ2) is 5.16. The summed E-state index contributed by atoms with van der Waals surface area (Å²) in [6, 6.07) is 3.20. The molecule has 1 heterocycles. The molecule has 5 nitrogen and oxygen atoms in total. The summed E-state index contributed by atoms with van der Waals surface area (Å²) in [7, 11) is -3.73. The van der Waals surface area contributed by atoms with Crippen molar-refractivity contribution in [1.82, 2.24) is 10.2 Å². The van der Waals surface area contributed by atoms with Crippen molar-refractivity contribution in [3.8, 4) is 0 Å². The molecule has 0 fully saturated rings. The number of hydrogen-bond donors (Lipinski definition) is 2. The number of hydrogen-bond acceptors (Lipinski definition) is 3. The summed E-state index contributed by atoms with van der Waals surface area (Å²) in [6.07, 6.45) is 0. The molecule has 0 saturated carbocycles. The second-order valence-corrected chi connectivity index (χ2v) is 5.64. The molecule has 0 saturated heterocycles. The molecular formula is C10H14BrN3O2S. The van der Waals surface area contributed by atoms with Gasteiger partial charge in [-0.15, -0.1) is 0 Å². The maximum absolute atomic E-state index is 11.4. The molecule has 0 aliphatic heterocycles. The van der Waals surface area contributed by atoms with E-state index in [1.807, 2.05) is 13.8 Å². The summed E-state index contributed by atoms with van der Waals surface area (Å²) >= 11 is 3.21. The summed E-state index contributed by atoms with van der Waals surface area (Å²) < 4.78 is 23.4. The topological polar surface area (TPSA) is 88.8 Å². The second-order valence-electron chi connectivity index (χ2n) is 3.19. The van der Waals surface area contributed by atoms with Crippen LogP contribution in [0, 0.1) is 6.92 Å². The van der Waals surface area contributed by atoms with Gasteiger partial charge in [0.2, 0.25) is 10.0 Å². The molecule has 0 atom stereocenters. The monoisotopic (exact) mass is 319 g/mol. The minimum Gasteiger partial charge on any atom is -0.282 e. The Bertz CT molecular complexity index is 634. The number of primary sulfonamides is 1. The van der Waals surface area contributed by atoms with Crippen LogP contribution >= 0.6 is 15.9 Å². The van der Waals surface area contributed by atoms with Crippen LogP contribution in [0.1, 0.15) is 19.5 Å². The summed E-state index contributed by atoms with van der Waals surface area (Å²) in [5, 5.41) is 12.4. The van der Waals surface area contributed by atoms with E-state index in [0.29, 0.717) is 21.1 Å². The number of H-pyrrole nitrogens is 1. The lowest BCUT2D eigenvalue weighted by Gasteiger charge is -2.01. The number of rotatable bonds is 1. The predicted octanol–water partition coefficient (Wildman–Crippen LogP) is 2.31. The normalized spacial score (nSPS) is 11.1. The summed E-state index contributed by atoms with van der Waals surface area (Å²) in [6.45, 7) is 5.75. The fourth-order valence-corrected chi connectivity index (χ4v) is 2.89. The molecule has 94 valence electrons. The zero-order valence-corrected chi connectivity index (χ0v) is 12.2. The molecule has 2 aromatic rings. The highest BCUT2D eigenvalue weighted by Gasteiger charge is 2.17. The van der Waals surface area contributed by atoms with Gasteiger partial charge in [-0.25, -0.2) is 13.6 Å². The van der Waals surface area contributed by atoms with E-state index in [-0.39, 0.29) is 4.90 Å². The average molecular weight is 320 g/mol. The first-order valence-electron chi connectivity index (χ1n) is 5.06. The Labute approximate surface area is 109 Å². The Morgan fingerprint density at radius 1 is 1.35 bits per heavy atom. The Morgan fingerprint density at radius 3 is 2.47 bits per heavy atom. The lowest BCUT2D eigenvalue weighted by molar-refractivity contribution is 0.598. The van der Waals surface area contributed by atoms with Crippen molar-refractivity contribution in [2.75, 3.05) is 0 Å². The summed E-state index contributed by atoms with van der Waals surface area (Å²) in [5.41, 5.74) is 1.26. The van der Waals surface area contributed by atoms with Gasteiger partial charge in [-0.05, 0) is 19.1 Å². The van der Waals surface area contributed by atoms with E-state index in [1.54, 1.807) is 13.0 Å². The molecule has 0 bridgehead atoms. The van der Waals surface area contributed by atoms with Crippen LogP contribution in [0.25, 0.3) is 10.9 Å². The van der Waals surface area contributed by atoms with Crippen LogP contribution < -0.4 is 5.14 Å². The molecule has 0 spiro atoms. The third-order valence-electron chi connectivity index (χ3n) is 2.07. The highest BCUT2D eigenvalue weighted by atomic mass is 79.9. The Hall–Kier alpha value is -0.920.